The SMILES string of the molecule is COc1cc(/C=C2/SC(=S)N(C)C2=O)ccc1OS(=O)(=O)c1ccc(C)c([N+](=O)[O-])c1. The molecule has 0 unspecified atom stereocenters. The van der Waals surface area contributed by atoms with Crippen LogP contribution in [-0.2, 0) is 14.9 Å². The number of carbonyl (C=O) groups excluding carboxylic acids is 1. The van der Waals surface area contributed by atoms with Gasteiger partial charge >= 0.3 is 10.1 Å². The van der Waals surface area contributed by atoms with E-state index >= 15 is 0 Å². The van der Waals surface area contributed by atoms with Crippen molar-refractivity contribution in [3.63, 3.8) is 0 Å². The van der Waals surface area contributed by atoms with Crippen LogP contribution in [0.15, 0.2) is 46.2 Å². The standard InChI is InChI=1S/C19H16N2O7S3/c1-11-4-6-13(10-14(11)21(23)24)31(25,26)28-15-7-5-12(8-16(15)27-3)9-17-18(22)20(2)19(29)30-17/h4-10H,1-3H3/b17-9+. The van der Waals surface area contributed by atoms with Crippen molar-refractivity contribution in [3.05, 3.63) is 62.5 Å². The molecule has 0 radical (unpaired) electrons. The molecule has 1 heterocycles. The predicted octanol–water partition coefficient (Wildman–Crippen LogP) is 3.51. The zero-order valence-electron chi connectivity index (χ0n) is 16.5. The van der Waals surface area contributed by atoms with Crippen LogP contribution < -0.4 is 8.92 Å². The molecule has 0 N–H and O–H groups in total. The van der Waals surface area contributed by atoms with Gasteiger partial charge in [0.25, 0.3) is 11.6 Å². The van der Waals surface area contributed by atoms with Gasteiger partial charge in [-0.25, -0.2) is 0 Å². The van der Waals surface area contributed by atoms with Gasteiger partial charge in [0.2, 0.25) is 0 Å². The summed E-state index contributed by atoms with van der Waals surface area (Å²) in [6.07, 6.45) is 1.60. The second-order valence-corrected chi connectivity index (χ2v) is 9.62. The first-order chi connectivity index (χ1) is 14.5. The molecule has 1 fully saturated rings. The van der Waals surface area contributed by atoms with Crippen LogP contribution in [0.4, 0.5) is 5.69 Å². The van der Waals surface area contributed by atoms with Crippen LogP contribution in [0.1, 0.15) is 11.1 Å². The number of likely N-dealkylation sites (N-methyl/N-ethyl adjacent to an activating group) is 1. The number of thioether (sulfide) groups is 1. The summed E-state index contributed by atoms with van der Waals surface area (Å²) >= 11 is 6.25. The number of rotatable bonds is 6. The first-order valence-corrected chi connectivity index (χ1v) is 11.3. The molecule has 0 saturated carbocycles. The Balaban J connectivity index is 1.92. The Morgan fingerprint density at radius 3 is 2.48 bits per heavy atom. The lowest BCUT2D eigenvalue weighted by Gasteiger charge is -2.12. The fourth-order valence-corrected chi connectivity index (χ4v) is 4.79. The minimum Gasteiger partial charge on any atom is -0.493 e. The Bertz CT molecular complexity index is 1240. The Kier molecular flexibility index (Phi) is 6.34. The molecule has 1 amide bonds. The van der Waals surface area contributed by atoms with Crippen LogP contribution in [0.2, 0.25) is 0 Å². The van der Waals surface area contributed by atoms with Crippen molar-refractivity contribution in [2.24, 2.45) is 0 Å². The highest BCUT2D eigenvalue weighted by atomic mass is 32.2. The number of nitro groups is 1. The number of benzene rings is 2. The average molecular weight is 481 g/mol. The predicted molar refractivity (Wildman–Crippen MR) is 120 cm³/mol. The van der Waals surface area contributed by atoms with Gasteiger partial charge in [0, 0.05) is 18.7 Å². The highest BCUT2D eigenvalue weighted by Crippen LogP contribution is 2.35. The molecule has 9 nitrogen and oxygen atoms in total. The third-order valence-electron chi connectivity index (χ3n) is 4.34. The van der Waals surface area contributed by atoms with E-state index < -0.39 is 15.0 Å². The number of hydrogen-bond donors (Lipinski definition) is 0. The van der Waals surface area contributed by atoms with Gasteiger partial charge in [-0.2, -0.15) is 8.42 Å². The molecule has 0 aliphatic carbocycles. The topological polar surface area (TPSA) is 116 Å². The number of carbonyl (C=O) groups is 1. The number of thiocarbonyl (C=S) groups is 1. The highest BCUT2D eigenvalue weighted by molar-refractivity contribution is 8.26. The lowest BCUT2D eigenvalue weighted by atomic mass is 10.2. The molecule has 0 spiro atoms. The lowest BCUT2D eigenvalue weighted by Crippen LogP contribution is -2.22. The van der Waals surface area contributed by atoms with Gasteiger partial charge < -0.3 is 8.92 Å². The molecule has 1 aliphatic rings. The number of ether oxygens (including phenoxy) is 1. The van der Waals surface area contributed by atoms with Crippen LogP contribution >= 0.6 is 24.0 Å². The number of amides is 1. The van der Waals surface area contributed by atoms with E-state index in [0.29, 0.717) is 20.4 Å². The first-order valence-electron chi connectivity index (χ1n) is 8.62. The molecule has 31 heavy (non-hydrogen) atoms. The summed E-state index contributed by atoms with van der Waals surface area (Å²) < 4.78 is 36.1. The molecule has 0 atom stereocenters. The summed E-state index contributed by atoms with van der Waals surface area (Å²) in [7, 11) is -1.45. The summed E-state index contributed by atoms with van der Waals surface area (Å²) in [6, 6.07) is 7.93. The molecule has 2 aromatic carbocycles. The van der Waals surface area contributed by atoms with Crippen molar-refractivity contribution in [3.8, 4) is 11.5 Å². The lowest BCUT2D eigenvalue weighted by molar-refractivity contribution is -0.385. The van der Waals surface area contributed by atoms with E-state index in [2.05, 4.69) is 0 Å². The van der Waals surface area contributed by atoms with Crippen LogP contribution in [-0.4, -0.2) is 42.6 Å². The fourth-order valence-electron chi connectivity index (χ4n) is 2.65. The summed E-state index contributed by atoms with van der Waals surface area (Å²) in [4.78, 5) is 24.0. The number of nitrogens with zero attached hydrogens (tertiary/aromatic N) is 2. The van der Waals surface area contributed by atoms with E-state index in [0.717, 1.165) is 17.8 Å². The van der Waals surface area contributed by atoms with E-state index in [1.54, 1.807) is 19.2 Å². The van der Waals surface area contributed by atoms with Gasteiger partial charge in [-0.15, -0.1) is 0 Å². The third-order valence-corrected chi connectivity index (χ3v) is 7.05. The molecule has 0 aromatic heterocycles. The number of aryl methyl sites for hydroxylation is 1. The molecule has 1 aliphatic heterocycles. The molecule has 1 saturated heterocycles. The van der Waals surface area contributed by atoms with Gasteiger partial charge in [-0.1, -0.05) is 36.1 Å². The third kappa shape index (κ3) is 4.70. The zero-order valence-corrected chi connectivity index (χ0v) is 19.0. The van der Waals surface area contributed by atoms with Crippen LogP contribution in [0.3, 0.4) is 0 Å². The molecule has 12 heteroatoms. The van der Waals surface area contributed by atoms with Crippen molar-refractivity contribution >= 4 is 56.1 Å². The second kappa shape index (κ2) is 8.65. The summed E-state index contributed by atoms with van der Waals surface area (Å²) in [5, 5.41) is 11.1. The maximum absolute atomic E-state index is 12.7. The van der Waals surface area contributed by atoms with Crippen molar-refractivity contribution < 1.29 is 27.1 Å². The maximum atomic E-state index is 12.7. The summed E-state index contributed by atoms with van der Waals surface area (Å²) in [5.41, 5.74) is 0.560. The summed E-state index contributed by atoms with van der Waals surface area (Å²) in [6.45, 7) is 1.50. The van der Waals surface area contributed by atoms with E-state index in [9.17, 15) is 23.3 Å². The minimum absolute atomic E-state index is 0.103. The number of hydrogen-bond acceptors (Lipinski definition) is 9. The quantitative estimate of drug-likeness (QED) is 0.201. The maximum Gasteiger partial charge on any atom is 0.339 e. The fraction of sp³-hybridized carbons (Fsp3) is 0.158. The van der Waals surface area contributed by atoms with Crippen molar-refractivity contribution in [1.82, 2.24) is 4.90 Å². The van der Waals surface area contributed by atoms with E-state index in [1.165, 1.54) is 43.2 Å². The smallest absolute Gasteiger partial charge is 0.339 e. The molecular weight excluding hydrogens is 464 g/mol. The van der Waals surface area contributed by atoms with Gasteiger partial charge in [0.15, 0.2) is 11.5 Å². The Morgan fingerprint density at radius 2 is 1.90 bits per heavy atom. The molecule has 0 bridgehead atoms. The van der Waals surface area contributed by atoms with Gasteiger partial charge in [-0.3, -0.25) is 19.8 Å². The first kappa shape index (κ1) is 22.7. The molecule has 162 valence electrons. The summed E-state index contributed by atoms with van der Waals surface area (Å²) in [5.74, 6) is -0.241. The van der Waals surface area contributed by atoms with Gasteiger partial charge in [0.05, 0.1) is 16.9 Å². The second-order valence-electron chi connectivity index (χ2n) is 6.39. The minimum atomic E-state index is -4.36. The highest BCUT2D eigenvalue weighted by Gasteiger charge is 2.29. The van der Waals surface area contributed by atoms with Crippen molar-refractivity contribution in [2.45, 2.75) is 11.8 Å². The Labute approximate surface area is 187 Å². The monoisotopic (exact) mass is 480 g/mol. The van der Waals surface area contributed by atoms with Crippen LogP contribution in [0, 0.1) is 17.0 Å². The zero-order chi connectivity index (χ0) is 22.9. The molecular formula is C19H16N2O7S3. The van der Waals surface area contributed by atoms with E-state index in [1.807, 2.05) is 0 Å². The average Bonchev–Trinajstić information content (AvgIpc) is 2.95. The Hall–Kier alpha value is -2.96. The normalized spacial score (nSPS) is 15.5. The van der Waals surface area contributed by atoms with Crippen LogP contribution in [0.25, 0.3) is 6.08 Å². The number of nitro benzene ring substituents is 1. The van der Waals surface area contributed by atoms with Crippen molar-refractivity contribution in [2.75, 3.05) is 14.2 Å². The van der Waals surface area contributed by atoms with Gasteiger partial charge in [-0.05, 0) is 36.8 Å². The van der Waals surface area contributed by atoms with E-state index in [-0.39, 0.29) is 28.0 Å². The Morgan fingerprint density at radius 1 is 1.19 bits per heavy atom. The molecule has 3 rings (SSSR count). The van der Waals surface area contributed by atoms with E-state index in [4.69, 9.17) is 21.1 Å². The van der Waals surface area contributed by atoms with Crippen molar-refractivity contribution in [1.29, 1.82) is 0 Å². The molecule has 2 aromatic rings. The van der Waals surface area contributed by atoms with Gasteiger partial charge in [0.1, 0.15) is 9.22 Å². The largest absolute Gasteiger partial charge is 0.493 e. The number of methoxy groups -OCH3 is 1. The van der Waals surface area contributed by atoms with Crippen LogP contribution in [0.5, 0.6) is 11.5 Å².